The molecule has 224 valence electrons. The summed E-state index contributed by atoms with van der Waals surface area (Å²) in [5, 5.41) is 0. The third-order valence-corrected chi connectivity index (χ3v) is 9.91. The first-order valence-corrected chi connectivity index (χ1v) is 15.5. The number of fused-ring (bicyclic) bond motifs is 6. The molecule has 41 heavy (non-hydrogen) atoms. The summed E-state index contributed by atoms with van der Waals surface area (Å²) >= 11 is 0. The molecule has 9 nitrogen and oxygen atoms in total. The molecule has 9 heteroatoms. The number of aldehydes is 1. The topological polar surface area (TPSA) is 125 Å². The zero-order valence-electron chi connectivity index (χ0n) is 25.0. The highest BCUT2D eigenvalue weighted by Gasteiger charge is 2.54. The van der Waals surface area contributed by atoms with E-state index in [1.54, 1.807) is 17.2 Å². The van der Waals surface area contributed by atoms with Crippen molar-refractivity contribution in [3.05, 3.63) is 23.9 Å². The maximum absolute atomic E-state index is 14.1. The van der Waals surface area contributed by atoms with Crippen molar-refractivity contribution in [1.82, 2.24) is 14.9 Å². The first kappa shape index (κ1) is 29.5. The van der Waals surface area contributed by atoms with Crippen LogP contribution in [0.15, 0.2) is 12.4 Å². The van der Waals surface area contributed by atoms with Gasteiger partial charge in [0.15, 0.2) is 11.6 Å². The lowest BCUT2D eigenvalue weighted by atomic mass is 9.77. The molecule has 2 aliphatic heterocycles. The largest absolute Gasteiger partial charge is 0.485 e. The molecule has 4 aliphatic rings. The van der Waals surface area contributed by atoms with Crippen LogP contribution in [0, 0.1) is 35.0 Å². The molecule has 2 N–H and O–H groups in total. The first-order chi connectivity index (χ1) is 19.6. The predicted molar refractivity (Wildman–Crippen MR) is 154 cm³/mol. The van der Waals surface area contributed by atoms with Gasteiger partial charge in [0, 0.05) is 5.92 Å². The van der Waals surface area contributed by atoms with E-state index in [4.69, 9.17) is 20.2 Å². The van der Waals surface area contributed by atoms with E-state index in [0.717, 1.165) is 50.5 Å². The number of rotatable bonds is 3. The minimum absolute atomic E-state index is 0.0133. The molecule has 0 radical (unpaired) electrons. The summed E-state index contributed by atoms with van der Waals surface area (Å²) in [4.78, 5) is 50.7. The van der Waals surface area contributed by atoms with Crippen LogP contribution in [-0.2, 0) is 25.5 Å². The number of esters is 1. The number of nitrogens with two attached hydrogens (primary N) is 1. The van der Waals surface area contributed by atoms with Gasteiger partial charge in [0.2, 0.25) is 5.91 Å². The fourth-order valence-corrected chi connectivity index (χ4v) is 7.52. The smallest absolute Gasteiger partial charge is 0.306 e. The van der Waals surface area contributed by atoms with E-state index in [1.807, 2.05) is 27.7 Å². The van der Waals surface area contributed by atoms with Gasteiger partial charge in [-0.15, -0.1) is 0 Å². The van der Waals surface area contributed by atoms with Gasteiger partial charge in [-0.2, -0.15) is 0 Å². The Morgan fingerprint density at radius 2 is 1.90 bits per heavy atom. The Morgan fingerprint density at radius 3 is 2.61 bits per heavy atom. The number of aryl methyl sites for hydroxylation is 1. The minimum atomic E-state index is -0.629. The third kappa shape index (κ3) is 6.28. The van der Waals surface area contributed by atoms with Gasteiger partial charge in [-0.25, -0.2) is 9.97 Å². The van der Waals surface area contributed by atoms with Gasteiger partial charge < -0.3 is 24.9 Å². The molecule has 2 aliphatic carbocycles. The van der Waals surface area contributed by atoms with Crippen LogP contribution >= 0.6 is 0 Å². The van der Waals surface area contributed by atoms with Crippen molar-refractivity contribution in [2.45, 2.75) is 104 Å². The van der Waals surface area contributed by atoms with E-state index in [-0.39, 0.29) is 36.9 Å². The highest BCUT2D eigenvalue weighted by atomic mass is 16.5. The van der Waals surface area contributed by atoms with Gasteiger partial charge in [0.1, 0.15) is 18.5 Å². The van der Waals surface area contributed by atoms with Gasteiger partial charge in [0.25, 0.3) is 0 Å². The van der Waals surface area contributed by atoms with Gasteiger partial charge >= 0.3 is 5.97 Å². The fourth-order valence-electron chi connectivity index (χ4n) is 7.52. The van der Waals surface area contributed by atoms with E-state index >= 15 is 0 Å². The number of aromatic nitrogens is 2. The lowest BCUT2D eigenvalue weighted by Gasteiger charge is -2.34. The van der Waals surface area contributed by atoms with Crippen LogP contribution in [-0.4, -0.2) is 57.8 Å². The van der Waals surface area contributed by atoms with Gasteiger partial charge in [-0.05, 0) is 74.0 Å². The predicted octanol–water partition coefficient (Wildman–Crippen LogP) is 4.33. The molecule has 1 aromatic heterocycles. The van der Waals surface area contributed by atoms with Crippen molar-refractivity contribution in [1.29, 1.82) is 0 Å². The SMILES string of the molecule is CC[C@@H]1[C@@H]2CN(C(=O)[C@H](C(C)(C)C)CC(=O)O[C@@H]3CC4CC4[C@H]3CCCCCc3nc(C=CN)ncc3O2)[C@@H]1C=O. The number of hydrogen-bond acceptors (Lipinski definition) is 8. The fraction of sp³-hybridized carbons (Fsp3) is 0.719. The van der Waals surface area contributed by atoms with E-state index in [9.17, 15) is 14.4 Å². The van der Waals surface area contributed by atoms with Crippen molar-refractivity contribution in [2.24, 2.45) is 40.7 Å². The lowest BCUT2D eigenvalue weighted by Crippen LogP contribution is -2.46. The highest BCUT2D eigenvalue weighted by Crippen LogP contribution is 2.58. The summed E-state index contributed by atoms with van der Waals surface area (Å²) in [6, 6.07) is -0.629. The summed E-state index contributed by atoms with van der Waals surface area (Å²) in [5.41, 5.74) is 5.93. The zero-order chi connectivity index (χ0) is 29.3. The Kier molecular flexibility index (Phi) is 8.71. The Hall–Kier alpha value is -2.97. The molecule has 5 rings (SSSR count). The monoisotopic (exact) mass is 566 g/mol. The average Bonchev–Trinajstić information content (AvgIpc) is 3.47. The summed E-state index contributed by atoms with van der Waals surface area (Å²) < 4.78 is 12.7. The second kappa shape index (κ2) is 12.1. The average molecular weight is 567 g/mol. The molecular weight excluding hydrogens is 520 g/mol. The molecule has 1 amide bonds. The Labute approximate surface area is 243 Å². The van der Waals surface area contributed by atoms with E-state index < -0.39 is 23.5 Å². The summed E-state index contributed by atoms with van der Waals surface area (Å²) in [7, 11) is 0. The Bertz CT molecular complexity index is 1160. The normalized spacial score (nSPS) is 34.6. The van der Waals surface area contributed by atoms with E-state index in [0.29, 0.717) is 35.7 Å². The molecule has 2 saturated carbocycles. The van der Waals surface area contributed by atoms with Gasteiger partial charge in [-0.1, -0.05) is 40.5 Å². The molecule has 1 saturated heterocycles. The Balaban J connectivity index is 1.47. The maximum atomic E-state index is 14.1. The molecule has 0 aromatic carbocycles. The number of nitrogens with zero attached hydrogens (tertiary/aromatic N) is 3. The summed E-state index contributed by atoms with van der Waals surface area (Å²) in [6.07, 6.45) is 12.9. The molecule has 8 atom stereocenters. The number of carbonyl (C=O) groups excluding carboxylic acids is 3. The van der Waals surface area contributed by atoms with Crippen molar-refractivity contribution in [2.75, 3.05) is 6.54 Å². The van der Waals surface area contributed by atoms with Crippen molar-refractivity contribution < 1.29 is 23.9 Å². The quantitative estimate of drug-likeness (QED) is 0.424. The summed E-state index contributed by atoms with van der Waals surface area (Å²) in [6.45, 7) is 8.19. The minimum Gasteiger partial charge on any atom is -0.485 e. The van der Waals surface area contributed by atoms with Crippen molar-refractivity contribution in [3.63, 3.8) is 0 Å². The summed E-state index contributed by atoms with van der Waals surface area (Å²) in [5.74, 6) is 1.56. The standard InChI is InChI=1S/C32H46N4O5/c1-5-20-25(18-37)36-17-28(20)40-27-16-34-29(11-12-33)35-24(27)10-8-6-7-9-21-22-13-19(22)14-26(21)41-30(38)15-23(31(36)39)32(2,3)4/h11-12,16,18-23,25-26,28H,5-10,13-15,17,33H2,1-4H3/t19?,20-,21+,22?,23+,25+,26+,28-/m0/s1. The highest BCUT2D eigenvalue weighted by molar-refractivity contribution is 5.87. The van der Waals surface area contributed by atoms with Crippen LogP contribution in [0.1, 0.15) is 90.6 Å². The molecule has 2 unspecified atom stereocenters. The van der Waals surface area contributed by atoms with Crippen LogP contribution in [0.3, 0.4) is 0 Å². The molecule has 2 bridgehead atoms. The first-order valence-electron chi connectivity index (χ1n) is 15.5. The number of ether oxygens (including phenoxy) is 2. The van der Waals surface area contributed by atoms with Crippen LogP contribution in [0.2, 0.25) is 0 Å². The molecule has 1 aromatic rings. The van der Waals surface area contributed by atoms with E-state index in [1.165, 1.54) is 12.6 Å². The van der Waals surface area contributed by atoms with Crippen LogP contribution in [0.25, 0.3) is 6.08 Å². The van der Waals surface area contributed by atoms with Gasteiger partial charge in [0.05, 0.1) is 36.8 Å². The van der Waals surface area contributed by atoms with Crippen LogP contribution in [0.5, 0.6) is 5.75 Å². The van der Waals surface area contributed by atoms with Crippen LogP contribution in [0.4, 0.5) is 0 Å². The molecule has 0 spiro atoms. The van der Waals surface area contributed by atoms with Crippen molar-refractivity contribution in [3.8, 4) is 5.75 Å². The number of amides is 1. The van der Waals surface area contributed by atoms with E-state index in [2.05, 4.69) is 4.98 Å². The zero-order valence-corrected chi connectivity index (χ0v) is 25.0. The van der Waals surface area contributed by atoms with Gasteiger partial charge in [-0.3, -0.25) is 9.59 Å². The second-order valence-corrected chi connectivity index (χ2v) is 13.6. The number of carbonyl (C=O) groups is 3. The maximum Gasteiger partial charge on any atom is 0.306 e. The molecular formula is C32H46N4O5. The lowest BCUT2D eigenvalue weighted by molar-refractivity contribution is -0.158. The molecule has 3 fully saturated rings. The number of hydrogen-bond donors (Lipinski definition) is 1. The van der Waals surface area contributed by atoms with Crippen LogP contribution < -0.4 is 10.5 Å². The van der Waals surface area contributed by atoms with Crippen molar-refractivity contribution >= 4 is 24.2 Å². The Morgan fingerprint density at radius 1 is 1.10 bits per heavy atom. The second-order valence-electron chi connectivity index (χ2n) is 13.6. The third-order valence-electron chi connectivity index (χ3n) is 9.91. The molecule has 3 heterocycles.